The van der Waals surface area contributed by atoms with Crippen LogP contribution < -0.4 is 5.32 Å². The fourth-order valence-electron chi connectivity index (χ4n) is 2.25. The number of rotatable bonds is 7. The molecule has 1 fully saturated rings. The van der Waals surface area contributed by atoms with Crippen LogP contribution in [0.25, 0.3) is 0 Å². The van der Waals surface area contributed by atoms with Gasteiger partial charge >= 0.3 is 0 Å². The second kappa shape index (κ2) is 6.35. The second-order valence-corrected chi connectivity index (χ2v) is 5.82. The van der Waals surface area contributed by atoms with Crippen LogP contribution in [-0.2, 0) is 13.0 Å². The Morgan fingerprint density at radius 1 is 1.17 bits per heavy atom. The first-order chi connectivity index (χ1) is 8.65. The van der Waals surface area contributed by atoms with Crippen molar-refractivity contribution in [1.82, 2.24) is 10.2 Å². The molecular weight excluding hydrogens is 220 g/mol. The van der Waals surface area contributed by atoms with E-state index in [1.54, 1.807) is 0 Å². The van der Waals surface area contributed by atoms with Gasteiger partial charge in [0.05, 0.1) is 0 Å². The third-order valence-electron chi connectivity index (χ3n) is 3.59. The van der Waals surface area contributed by atoms with E-state index < -0.39 is 0 Å². The third kappa shape index (κ3) is 4.43. The summed E-state index contributed by atoms with van der Waals surface area (Å²) in [4.78, 5) is 2.47. The van der Waals surface area contributed by atoms with Crippen molar-refractivity contribution >= 4 is 0 Å². The summed E-state index contributed by atoms with van der Waals surface area (Å²) in [5.74, 6) is 0. The lowest BCUT2D eigenvalue weighted by molar-refractivity contribution is 0.316. The van der Waals surface area contributed by atoms with Gasteiger partial charge in [-0.25, -0.2) is 0 Å². The minimum Gasteiger partial charge on any atom is -0.314 e. The first-order valence-corrected chi connectivity index (χ1v) is 7.16. The number of hydrogen-bond donors (Lipinski definition) is 1. The smallest absolute Gasteiger partial charge is 0.0233 e. The Morgan fingerprint density at radius 3 is 2.33 bits per heavy atom. The van der Waals surface area contributed by atoms with Gasteiger partial charge in [-0.2, -0.15) is 0 Å². The first kappa shape index (κ1) is 13.6. The average Bonchev–Trinajstić information content (AvgIpc) is 3.15. The number of hydrogen-bond acceptors (Lipinski definition) is 2. The Morgan fingerprint density at radius 2 is 1.78 bits per heavy atom. The lowest BCUT2D eigenvalue weighted by atomic mass is 10.1. The van der Waals surface area contributed by atoms with Crippen molar-refractivity contribution in [3.8, 4) is 0 Å². The summed E-state index contributed by atoms with van der Waals surface area (Å²) in [6.07, 6.45) is 3.89. The van der Waals surface area contributed by atoms with Crippen molar-refractivity contribution in [1.29, 1.82) is 0 Å². The van der Waals surface area contributed by atoms with E-state index in [4.69, 9.17) is 0 Å². The van der Waals surface area contributed by atoms with Crippen LogP contribution in [0.5, 0.6) is 0 Å². The molecule has 0 aromatic heterocycles. The van der Waals surface area contributed by atoms with E-state index in [2.05, 4.69) is 55.4 Å². The van der Waals surface area contributed by atoms with E-state index in [0.717, 1.165) is 25.6 Å². The Labute approximate surface area is 111 Å². The highest BCUT2D eigenvalue weighted by atomic mass is 15.1. The summed E-state index contributed by atoms with van der Waals surface area (Å²) < 4.78 is 0. The van der Waals surface area contributed by atoms with Crippen molar-refractivity contribution in [2.75, 3.05) is 13.6 Å². The Hall–Kier alpha value is -0.860. The zero-order chi connectivity index (χ0) is 13.0. The Balaban J connectivity index is 1.77. The van der Waals surface area contributed by atoms with Crippen LogP contribution in [0.4, 0.5) is 0 Å². The zero-order valence-electron chi connectivity index (χ0n) is 11.9. The number of benzene rings is 1. The summed E-state index contributed by atoms with van der Waals surface area (Å²) >= 11 is 0. The highest BCUT2D eigenvalue weighted by molar-refractivity contribution is 5.23. The minimum atomic E-state index is 0.580. The molecule has 0 bridgehead atoms. The third-order valence-corrected chi connectivity index (χ3v) is 3.59. The van der Waals surface area contributed by atoms with Crippen LogP contribution in [-0.4, -0.2) is 30.6 Å². The summed E-state index contributed by atoms with van der Waals surface area (Å²) in [6, 6.07) is 10.5. The molecule has 1 aromatic rings. The molecule has 0 amide bonds. The van der Waals surface area contributed by atoms with E-state index in [1.165, 1.54) is 24.0 Å². The molecule has 1 aromatic carbocycles. The van der Waals surface area contributed by atoms with Crippen molar-refractivity contribution in [3.63, 3.8) is 0 Å². The maximum Gasteiger partial charge on any atom is 0.0233 e. The molecule has 0 heterocycles. The number of nitrogens with zero attached hydrogens (tertiary/aromatic N) is 1. The molecule has 0 spiro atoms. The molecule has 2 rings (SSSR count). The molecule has 100 valence electrons. The van der Waals surface area contributed by atoms with Crippen molar-refractivity contribution in [3.05, 3.63) is 35.4 Å². The van der Waals surface area contributed by atoms with Gasteiger partial charge in [0.25, 0.3) is 0 Å². The molecule has 0 saturated heterocycles. The second-order valence-electron chi connectivity index (χ2n) is 5.82. The van der Waals surface area contributed by atoms with E-state index in [1.807, 2.05) is 0 Å². The van der Waals surface area contributed by atoms with Gasteiger partial charge in [-0.1, -0.05) is 38.1 Å². The van der Waals surface area contributed by atoms with Crippen molar-refractivity contribution < 1.29 is 0 Å². The Bertz CT molecular complexity index is 352. The minimum absolute atomic E-state index is 0.580. The summed E-state index contributed by atoms with van der Waals surface area (Å²) in [5, 5.41) is 3.46. The molecule has 1 saturated carbocycles. The van der Waals surface area contributed by atoms with Crippen LogP contribution >= 0.6 is 0 Å². The lowest BCUT2D eigenvalue weighted by Gasteiger charge is -2.15. The molecule has 0 radical (unpaired) electrons. The van der Waals surface area contributed by atoms with Crippen molar-refractivity contribution in [2.24, 2.45) is 0 Å². The molecule has 2 heteroatoms. The van der Waals surface area contributed by atoms with Crippen LogP contribution in [0.1, 0.15) is 37.8 Å². The molecule has 1 aliphatic rings. The van der Waals surface area contributed by atoms with Crippen LogP contribution in [0.2, 0.25) is 0 Å². The van der Waals surface area contributed by atoms with Gasteiger partial charge in [-0.3, -0.25) is 4.90 Å². The molecule has 1 aliphatic carbocycles. The summed E-state index contributed by atoms with van der Waals surface area (Å²) in [6.45, 7) is 6.54. The Kier molecular flexibility index (Phi) is 4.79. The lowest BCUT2D eigenvalue weighted by Crippen LogP contribution is -2.24. The van der Waals surface area contributed by atoms with E-state index in [-0.39, 0.29) is 0 Å². The predicted molar refractivity (Wildman–Crippen MR) is 77.8 cm³/mol. The molecular formula is C16H26N2. The maximum absolute atomic E-state index is 3.46. The SMILES string of the molecule is CC(C)NCCc1ccc(CN(C)C2CC2)cc1. The highest BCUT2D eigenvalue weighted by Gasteiger charge is 2.25. The monoisotopic (exact) mass is 246 g/mol. The zero-order valence-corrected chi connectivity index (χ0v) is 11.9. The van der Waals surface area contributed by atoms with Gasteiger partial charge in [0.1, 0.15) is 0 Å². The van der Waals surface area contributed by atoms with Gasteiger partial charge in [-0.15, -0.1) is 0 Å². The van der Waals surface area contributed by atoms with Gasteiger partial charge in [0.2, 0.25) is 0 Å². The molecule has 1 N–H and O–H groups in total. The largest absolute Gasteiger partial charge is 0.314 e. The van der Waals surface area contributed by atoms with Crippen molar-refractivity contribution in [2.45, 2.75) is 51.7 Å². The molecule has 0 aliphatic heterocycles. The van der Waals surface area contributed by atoms with Gasteiger partial charge in [0.15, 0.2) is 0 Å². The fraction of sp³-hybridized carbons (Fsp3) is 0.625. The first-order valence-electron chi connectivity index (χ1n) is 7.16. The average molecular weight is 246 g/mol. The molecule has 0 atom stereocenters. The maximum atomic E-state index is 3.46. The van der Waals surface area contributed by atoms with Crippen LogP contribution in [0.15, 0.2) is 24.3 Å². The van der Waals surface area contributed by atoms with Gasteiger partial charge in [0, 0.05) is 18.6 Å². The molecule has 18 heavy (non-hydrogen) atoms. The molecule has 0 unspecified atom stereocenters. The topological polar surface area (TPSA) is 15.3 Å². The van der Waals surface area contributed by atoms with Crippen LogP contribution in [0.3, 0.4) is 0 Å². The van der Waals surface area contributed by atoms with Gasteiger partial charge < -0.3 is 5.32 Å². The van der Waals surface area contributed by atoms with E-state index in [9.17, 15) is 0 Å². The molecule has 2 nitrogen and oxygen atoms in total. The summed E-state index contributed by atoms with van der Waals surface area (Å²) in [5.41, 5.74) is 2.87. The fourth-order valence-corrected chi connectivity index (χ4v) is 2.25. The highest BCUT2D eigenvalue weighted by Crippen LogP contribution is 2.26. The summed E-state index contributed by atoms with van der Waals surface area (Å²) in [7, 11) is 2.23. The number of nitrogens with one attached hydrogen (secondary N) is 1. The van der Waals surface area contributed by atoms with Crippen LogP contribution in [0, 0.1) is 0 Å². The van der Waals surface area contributed by atoms with E-state index in [0.29, 0.717) is 6.04 Å². The van der Waals surface area contributed by atoms with Gasteiger partial charge in [-0.05, 0) is 44.0 Å². The van der Waals surface area contributed by atoms with E-state index >= 15 is 0 Å². The predicted octanol–water partition coefficient (Wildman–Crippen LogP) is 2.82. The normalized spacial score (nSPS) is 15.6. The quantitative estimate of drug-likeness (QED) is 0.796. The standard InChI is InChI=1S/C16H26N2/c1-13(2)17-11-10-14-4-6-15(7-5-14)12-18(3)16-8-9-16/h4-7,13,16-17H,8-12H2,1-3H3.